The Morgan fingerprint density at radius 3 is 2.17 bits per heavy atom. The maximum Gasteiger partial charge on any atom is 0.336 e. The molecule has 4 aromatic rings. The number of carboxylic acids is 1. The van der Waals surface area contributed by atoms with Crippen LogP contribution in [0.4, 0.5) is 10.1 Å². The third-order valence-corrected chi connectivity index (χ3v) is 8.58. The smallest absolute Gasteiger partial charge is 0.336 e. The molecule has 0 aliphatic carbocycles. The first-order valence-electron chi connectivity index (χ1n) is 14.0. The fourth-order valence-electron chi connectivity index (χ4n) is 5.07. The largest absolute Gasteiger partial charge is 0.478 e. The van der Waals surface area contributed by atoms with Crippen LogP contribution < -0.4 is 4.90 Å². The highest BCUT2D eigenvalue weighted by atomic mass is 32.2. The summed E-state index contributed by atoms with van der Waals surface area (Å²) in [6, 6.07) is 30.4. The Bertz CT molecular complexity index is 1410. The Labute approximate surface area is 242 Å². The predicted molar refractivity (Wildman–Crippen MR) is 166 cm³/mol. The van der Waals surface area contributed by atoms with Gasteiger partial charge in [-0.1, -0.05) is 68.4 Å². The number of carbonyl (C=O) groups is 1. The van der Waals surface area contributed by atoms with Crippen molar-refractivity contribution in [2.45, 2.75) is 69.7 Å². The Morgan fingerprint density at radius 2 is 1.55 bits per heavy atom. The number of anilines is 1. The Kier molecular flexibility index (Phi) is 10.1. The summed E-state index contributed by atoms with van der Waals surface area (Å²) in [4.78, 5) is 14.5. The molecule has 0 radical (unpaired) electrons. The zero-order valence-electron chi connectivity index (χ0n) is 23.7. The molecule has 1 N–H and O–H groups in total. The molecule has 208 valence electrons. The molecule has 0 aliphatic heterocycles. The average molecular weight is 556 g/mol. The number of halogens is 1. The van der Waals surface area contributed by atoms with Crippen LogP contribution in [0.5, 0.6) is 0 Å². The van der Waals surface area contributed by atoms with Gasteiger partial charge in [0.2, 0.25) is 0 Å². The molecule has 0 atom stereocenters. The van der Waals surface area contributed by atoms with E-state index in [0.29, 0.717) is 22.6 Å². The fraction of sp³-hybridized carbons (Fsp3) is 0.286. The maximum atomic E-state index is 13.5. The second-order valence-corrected chi connectivity index (χ2v) is 11.5. The monoisotopic (exact) mass is 555 g/mol. The second kappa shape index (κ2) is 13.7. The highest BCUT2D eigenvalue weighted by molar-refractivity contribution is 7.98. The van der Waals surface area contributed by atoms with E-state index in [1.165, 1.54) is 40.7 Å². The van der Waals surface area contributed by atoms with Gasteiger partial charge in [0.05, 0.1) is 5.56 Å². The van der Waals surface area contributed by atoms with Gasteiger partial charge in [-0.2, -0.15) is 0 Å². The van der Waals surface area contributed by atoms with Crippen LogP contribution in [-0.2, 0) is 12.3 Å². The minimum Gasteiger partial charge on any atom is -0.478 e. The van der Waals surface area contributed by atoms with Crippen molar-refractivity contribution in [3.05, 3.63) is 119 Å². The molecule has 0 fully saturated rings. The first-order chi connectivity index (χ1) is 19.3. The van der Waals surface area contributed by atoms with Crippen molar-refractivity contribution in [1.82, 2.24) is 0 Å². The first-order valence-corrected chi connectivity index (χ1v) is 15.0. The van der Waals surface area contributed by atoms with Crippen LogP contribution in [0.25, 0.3) is 11.1 Å². The van der Waals surface area contributed by atoms with E-state index >= 15 is 0 Å². The lowest BCUT2D eigenvalue weighted by atomic mass is 9.94. The third-order valence-electron chi connectivity index (χ3n) is 7.44. The van der Waals surface area contributed by atoms with Gasteiger partial charge >= 0.3 is 5.97 Å². The lowest BCUT2D eigenvalue weighted by Crippen LogP contribution is -2.30. The third kappa shape index (κ3) is 7.33. The lowest BCUT2D eigenvalue weighted by Gasteiger charge is -2.30. The summed E-state index contributed by atoms with van der Waals surface area (Å²) in [5.41, 5.74) is 7.28. The molecule has 0 unspecified atom stereocenters. The van der Waals surface area contributed by atoms with Crippen molar-refractivity contribution < 1.29 is 14.3 Å². The van der Waals surface area contributed by atoms with Gasteiger partial charge in [-0.25, -0.2) is 9.18 Å². The van der Waals surface area contributed by atoms with E-state index in [4.69, 9.17) is 0 Å². The van der Waals surface area contributed by atoms with Crippen LogP contribution in [0.2, 0.25) is 0 Å². The number of rotatable bonds is 12. The van der Waals surface area contributed by atoms with Crippen molar-refractivity contribution in [2.75, 3.05) is 4.90 Å². The fourth-order valence-corrected chi connectivity index (χ4v) is 6.05. The van der Waals surface area contributed by atoms with E-state index in [1.807, 2.05) is 0 Å². The quantitative estimate of drug-likeness (QED) is 0.177. The summed E-state index contributed by atoms with van der Waals surface area (Å²) < 4.78 is 13.5. The molecule has 0 saturated heterocycles. The summed E-state index contributed by atoms with van der Waals surface area (Å²) in [7, 11) is 0. The number of hydrogen-bond acceptors (Lipinski definition) is 3. The van der Waals surface area contributed by atoms with Crippen LogP contribution in [0.15, 0.2) is 95.9 Å². The zero-order chi connectivity index (χ0) is 28.6. The highest BCUT2D eigenvalue weighted by Gasteiger charge is 2.14. The van der Waals surface area contributed by atoms with Gasteiger partial charge < -0.3 is 10.0 Å². The Hall–Kier alpha value is -3.57. The van der Waals surface area contributed by atoms with Crippen molar-refractivity contribution in [3.63, 3.8) is 0 Å². The summed E-state index contributed by atoms with van der Waals surface area (Å²) in [5.74, 6) is -0.439. The topological polar surface area (TPSA) is 40.5 Å². The highest BCUT2D eigenvalue weighted by Crippen LogP contribution is 2.30. The van der Waals surface area contributed by atoms with Crippen molar-refractivity contribution in [1.29, 1.82) is 0 Å². The number of nitrogens with zero attached hydrogens (tertiary/aromatic N) is 1. The van der Waals surface area contributed by atoms with Gasteiger partial charge in [-0.3, -0.25) is 0 Å². The number of hydrogen-bond donors (Lipinski definition) is 1. The molecule has 0 amide bonds. The SMILES string of the molecule is CCC(CC)c1ccc(N(Cc2cccc(-c3ccc(CSc4ccc(F)cc4C(=O)O)cc3)c2)C(C)C)cc1. The van der Waals surface area contributed by atoms with Crippen LogP contribution in [0, 0.1) is 5.82 Å². The standard InChI is InChI=1S/C35H38FNO2S/c1-5-27(6-2)28-14-17-32(18-15-28)37(24(3)4)22-26-8-7-9-30(20-26)29-12-10-25(11-13-29)23-40-34-19-16-31(36)21-33(34)35(38)39/h7-21,24,27H,5-6,22-23H2,1-4H3,(H,38,39). The van der Waals surface area contributed by atoms with Gasteiger partial charge in [0.15, 0.2) is 0 Å². The van der Waals surface area contributed by atoms with E-state index in [-0.39, 0.29) is 5.56 Å². The second-order valence-electron chi connectivity index (χ2n) is 10.5. The van der Waals surface area contributed by atoms with Gasteiger partial charge in [-0.15, -0.1) is 11.8 Å². The molecule has 0 aromatic heterocycles. The first kappa shape index (κ1) is 29.4. The van der Waals surface area contributed by atoms with Gasteiger partial charge in [0, 0.05) is 28.9 Å². The molecule has 5 heteroatoms. The molecule has 4 rings (SSSR count). The summed E-state index contributed by atoms with van der Waals surface area (Å²) >= 11 is 1.40. The summed E-state index contributed by atoms with van der Waals surface area (Å²) in [6.07, 6.45) is 2.33. The van der Waals surface area contributed by atoms with Gasteiger partial charge in [-0.05, 0) is 96.8 Å². The molecule has 4 aromatic carbocycles. The number of carboxylic acid groups (broad SMARTS) is 1. The van der Waals surface area contributed by atoms with Crippen LogP contribution in [0.1, 0.15) is 73.5 Å². The minimum atomic E-state index is -1.12. The van der Waals surface area contributed by atoms with Crippen molar-refractivity contribution >= 4 is 23.4 Å². The van der Waals surface area contributed by atoms with Crippen molar-refractivity contribution in [3.8, 4) is 11.1 Å². The Balaban J connectivity index is 1.46. The predicted octanol–water partition coefficient (Wildman–Crippen LogP) is 9.80. The van der Waals surface area contributed by atoms with E-state index in [2.05, 4.69) is 105 Å². The Morgan fingerprint density at radius 1 is 0.850 bits per heavy atom. The van der Waals surface area contributed by atoms with E-state index < -0.39 is 11.8 Å². The number of aromatic carboxylic acids is 1. The molecule has 0 bridgehead atoms. The maximum absolute atomic E-state index is 13.5. The minimum absolute atomic E-state index is 0.00377. The van der Waals surface area contributed by atoms with Crippen molar-refractivity contribution in [2.24, 2.45) is 0 Å². The average Bonchev–Trinajstić information content (AvgIpc) is 2.96. The molecular formula is C35H38FNO2S. The van der Waals surface area contributed by atoms with Crippen LogP contribution in [-0.4, -0.2) is 17.1 Å². The normalized spacial score (nSPS) is 11.3. The molecule has 0 saturated carbocycles. The molecule has 40 heavy (non-hydrogen) atoms. The molecule has 0 aliphatic rings. The number of benzene rings is 4. The summed E-state index contributed by atoms with van der Waals surface area (Å²) in [5, 5.41) is 9.39. The zero-order valence-corrected chi connectivity index (χ0v) is 24.5. The van der Waals surface area contributed by atoms with E-state index in [0.717, 1.165) is 42.1 Å². The molecule has 0 spiro atoms. The van der Waals surface area contributed by atoms with Gasteiger partial charge in [0.1, 0.15) is 5.82 Å². The van der Waals surface area contributed by atoms with Gasteiger partial charge in [0.25, 0.3) is 0 Å². The summed E-state index contributed by atoms with van der Waals surface area (Å²) in [6.45, 7) is 9.81. The van der Waals surface area contributed by atoms with E-state index in [1.54, 1.807) is 0 Å². The lowest BCUT2D eigenvalue weighted by molar-refractivity contribution is 0.0692. The van der Waals surface area contributed by atoms with Crippen LogP contribution >= 0.6 is 11.8 Å². The number of thioether (sulfide) groups is 1. The molecule has 0 heterocycles. The van der Waals surface area contributed by atoms with Crippen LogP contribution in [0.3, 0.4) is 0 Å². The molecular weight excluding hydrogens is 517 g/mol. The van der Waals surface area contributed by atoms with E-state index in [9.17, 15) is 14.3 Å². The molecule has 3 nitrogen and oxygen atoms in total.